The molecule has 0 unspecified atom stereocenters. The molecule has 3 N–H and O–H groups in total. The Balaban J connectivity index is 1.98. The van der Waals surface area contributed by atoms with E-state index in [9.17, 15) is 4.79 Å². The van der Waals surface area contributed by atoms with Gasteiger partial charge in [0.2, 0.25) is 0 Å². The topological polar surface area (TPSA) is 85.8 Å². The predicted octanol–water partition coefficient (Wildman–Crippen LogP) is 0.327. The Kier molecular flexibility index (Phi) is 3.04. The Hall–Kier alpha value is -2.37. The lowest BCUT2D eigenvalue weighted by Crippen LogP contribution is -2.23. The molecule has 2 aromatic rings. The van der Waals surface area contributed by atoms with Crippen molar-refractivity contribution in [1.82, 2.24) is 20.1 Å². The number of nitrogens with zero attached hydrogens (tertiary/aromatic N) is 3. The highest BCUT2D eigenvalue weighted by atomic mass is 16.1. The molecule has 2 rings (SSSR count). The number of nitrogens with two attached hydrogens (primary N) is 1. The molecule has 6 nitrogen and oxygen atoms in total. The van der Waals surface area contributed by atoms with Crippen LogP contribution in [-0.4, -0.2) is 20.7 Å². The molecule has 0 aromatic carbocycles. The number of hydrogen-bond donors (Lipinski definition) is 2. The summed E-state index contributed by atoms with van der Waals surface area (Å²) in [6.45, 7) is 0.420. The zero-order valence-electron chi connectivity index (χ0n) is 9.42. The third kappa shape index (κ3) is 2.81. The quantitative estimate of drug-likeness (QED) is 0.797. The first-order valence-corrected chi connectivity index (χ1v) is 5.12. The molecular weight excluding hydrogens is 218 g/mol. The van der Waals surface area contributed by atoms with Gasteiger partial charge in [-0.15, -0.1) is 0 Å². The Morgan fingerprint density at radius 2 is 2.41 bits per heavy atom. The summed E-state index contributed by atoms with van der Waals surface area (Å²) in [5.74, 6) is -0.249. The van der Waals surface area contributed by atoms with Gasteiger partial charge in [0.05, 0.1) is 6.20 Å². The van der Waals surface area contributed by atoms with E-state index in [2.05, 4.69) is 15.4 Å². The minimum Gasteiger partial charge on any atom is -0.399 e. The van der Waals surface area contributed by atoms with Gasteiger partial charge in [-0.2, -0.15) is 5.10 Å². The second-order valence-electron chi connectivity index (χ2n) is 3.68. The van der Waals surface area contributed by atoms with Gasteiger partial charge in [0.1, 0.15) is 5.69 Å². The predicted molar refractivity (Wildman–Crippen MR) is 63.0 cm³/mol. The molecular formula is C11H13N5O. The number of carbonyl (C=O) groups excluding carboxylic acids is 1. The summed E-state index contributed by atoms with van der Waals surface area (Å²) < 4.78 is 1.68. The van der Waals surface area contributed by atoms with Crippen LogP contribution in [-0.2, 0) is 13.6 Å². The first kappa shape index (κ1) is 11.1. The van der Waals surface area contributed by atoms with Crippen LogP contribution >= 0.6 is 0 Å². The van der Waals surface area contributed by atoms with Crippen molar-refractivity contribution >= 4 is 11.6 Å². The zero-order chi connectivity index (χ0) is 12.3. The molecule has 0 aliphatic heterocycles. The normalized spacial score (nSPS) is 10.2. The number of amides is 1. The Labute approximate surface area is 98.5 Å². The third-order valence-electron chi connectivity index (χ3n) is 2.23. The summed E-state index contributed by atoms with van der Waals surface area (Å²) >= 11 is 0. The molecule has 0 aliphatic rings. The number of carbonyl (C=O) groups is 1. The van der Waals surface area contributed by atoms with Gasteiger partial charge in [-0.05, 0) is 12.1 Å². The van der Waals surface area contributed by atoms with E-state index in [1.54, 1.807) is 23.0 Å². The monoisotopic (exact) mass is 231 g/mol. The van der Waals surface area contributed by atoms with E-state index in [0.717, 1.165) is 5.56 Å². The van der Waals surface area contributed by atoms with E-state index in [-0.39, 0.29) is 5.91 Å². The van der Waals surface area contributed by atoms with Crippen molar-refractivity contribution in [2.24, 2.45) is 7.05 Å². The van der Waals surface area contributed by atoms with E-state index >= 15 is 0 Å². The number of aryl methyl sites for hydroxylation is 1. The van der Waals surface area contributed by atoms with Crippen LogP contribution < -0.4 is 11.1 Å². The van der Waals surface area contributed by atoms with Crippen LogP contribution in [0.5, 0.6) is 0 Å². The minimum absolute atomic E-state index is 0.249. The van der Waals surface area contributed by atoms with Gasteiger partial charge < -0.3 is 11.1 Å². The van der Waals surface area contributed by atoms with Crippen molar-refractivity contribution in [2.45, 2.75) is 6.54 Å². The number of aromatic nitrogens is 3. The lowest BCUT2D eigenvalue weighted by molar-refractivity contribution is 0.0946. The molecule has 0 aliphatic carbocycles. The first-order valence-electron chi connectivity index (χ1n) is 5.12. The van der Waals surface area contributed by atoms with Crippen LogP contribution in [0.4, 0.5) is 5.69 Å². The van der Waals surface area contributed by atoms with Crippen LogP contribution in [0.1, 0.15) is 16.1 Å². The lowest BCUT2D eigenvalue weighted by Gasteiger charge is -2.03. The van der Waals surface area contributed by atoms with Gasteiger partial charge in [0.15, 0.2) is 0 Å². The smallest absolute Gasteiger partial charge is 0.270 e. The SMILES string of the molecule is Cn1cc(CNC(=O)c2cc(N)ccn2)cn1. The van der Waals surface area contributed by atoms with E-state index in [0.29, 0.717) is 17.9 Å². The van der Waals surface area contributed by atoms with Crippen molar-refractivity contribution in [2.75, 3.05) is 5.73 Å². The molecule has 0 radical (unpaired) electrons. The van der Waals surface area contributed by atoms with E-state index < -0.39 is 0 Å². The average molecular weight is 231 g/mol. The highest BCUT2D eigenvalue weighted by Gasteiger charge is 2.07. The van der Waals surface area contributed by atoms with Crippen molar-refractivity contribution in [3.05, 3.63) is 42.0 Å². The molecule has 0 fully saturated rings. The first-order chi connectivity index (χ1) is 8.15. The Morgan fingerprint density at radius 3 is 3.06 bits per heavy atom. The molecule has 0 bridgehead atoms. The summed E-state index contributed by atoms with van der Waals surface area (Å²) in [5.41, 5.74) is 7.34. The number of pyridine rings is 1. The second kappa shape index (κ2) is 4.65. The average Bonchev–Trinajstić information content (AvgIpc) is 2.72. The second-order valence-corrected chi connectivity index (χ2v) is 3.68. The highest BCUT2D eigenvalue weighted by molar-refractivity contribution is 5.92. The van der Waals surface area contributed by atoms with Crippen LogP contribution in [0, 0.1) is 0 Å². The highest BCUT2D eigenvalue weighted by Crippen LogP contribution is 2.03. The fourth-order valence-electron chi connectivity index (χ4n) is 1.41. The van der Waals surface area contributed by atoms with Crippen molar-refractivity contribution in [3.8, 4) is 0 Å². The van der Waals surface area contributed by atoms with Gasteiger partial charge in [-0.25, -0.2) is 0 Å². The van der Waals surface area contributed by atoms with Gasteiger partial charge in [-0.3, -0.25) is 14.5 Å². The fraction of sp³-hybridized carbons (Fsp3) is 0.182. The number of nitrogens with one attached hydrogen (secondary N) is 1. The van der Waals surface area contributed by atoms with Crippen LogP contribution in [0.25, 0.3) is 0 Å². The van der Waals surface area contributed by atoms with Gasteiger partial charge in [-0.1, -0.05) is 0 Å². The summed E-state index contributed by atoms with van der Waals surface area (Å²) in [7, 11) is 1.82. The number of hydrogen-bond acceptors (Lipinski definition) is 4. The van der Waals surface area contributed by atoms with E-state index in [1.807, 2.05) is 13.2 Å². The molecule has 0 saturated carbocycles. The molecule has 2 aromatic heterocycles. The van der Waals surface area contributed by atoms with E-state index in [1.165, 1.54) is 6.20 Å². The number of rotatable bonds is 3. The van der Waals surface area contributed by atoms with Crippen molar-refractivity contribution in [1.29, 1.82) is 0 Å². The van der Waals surface area contributed by atoms with Gasteiger partial charge >= 0.3 is 0 Å². The molecule has 88 valence electrons. The third-order valence-corrected chi connectivity index (χ3v) is 2.23. The van der Waals surface area contributed by atoms with Gasteiger partial charge in [0, 0.05) is 37.2 Å². The molecule has 1 amide bonds. The lowest BCUT2D eigenvalue weighted by atomic mass is 10.3. The van der Waals surface area contributed by atoms with Gasteiger partial charge in [0.25, 0.3) is 5.91 Å². The molecule has 0 atom stereocenters. The number of anilines is 1. The largest absolute Gasteiger partial charge is 0.399 e. The number of nitrogen functional groups attached to an aromatic ring is 1. The minimum atomic E-state index is -0.249. The maximum atomic E-state index is 11.7. The molecule has 17 heavy (non-hydrogen) atoms. The van der Waals surface area contributed by atoms with E-state index in [4.69, 9.17) is 5.73 Å². The Bertz CT molecular complexity index is 534. The standard InChI is InChI=1S/C11H13N5O/c1-16-7-8(6-15-16)5-14-11(17)10-4-9(12)2-3-13-10/h2-4,6-7H,5H2,1H3,(H2,12,13)(H,14,17). The summed E-state index contributed by atoms with van der Waals surface area (Å²) in [5, 5.41) is 6.76. The zero-order valence-corrected chi connectivity index (χ0v) is 9.42. The molecule has 2 heterocycles. The summed E-state index contributed by atoms with van der Waals surface area (Å²) in [4.78, 5) is 15.7. The van der Waals surface area contributed by atoms with Crippen molar-refractivity contribution < 1.29 is 4.79 Å². The maximum Gasteiger partial charge on any atom is 0.270 e. The maximum absolute atomic E-state index is 11.7. The molecule has 6 heteroatoms. The van der Waals surface area contributed by atoms with Crippen LogP contribution in [0.15, 0.2) is 30.7 Å². The summed E-state index contributed by atoms with van der Waals surface area (Å²) in [6, 6.07) is 3.18. The summed E-state index contributed by atoms with van der Waals surface area (Å²) in [6.07, 6.45) is 5.05. The molecule has 0 saturated heterocycles. The fourth-order valence-corrected chi connectivity index (χ4v) is 1.41. The van der Waals surface area contributed by atoms with Crippen LogP contribution in [0.3, 0.4) is 0 Å². The van der Waals surface area contributed by atoms with Crippen molar-refractivity contribution in [3.63, 3.8) is 0 Å². The molecule has 0 spiro atoms. The Morgan fingerprint density at radius 1 is 1.59 bits per heavy atom. The van der Waals surface area contributed by atoms with Crippen LogP contribution in [0.2, 0.25) is 0 Å².